The maximum atomic E-state index is 13.2. The standard InChI is InChI=1S/C29H33ClN4O4S/c30-23-16-31-25-15-20(5-8-22(23)25)28(36)33-26-17-39(37,38)14-9-24(26)32-27(35)19-3-6-21(7-4-19)29(10-11-29)18-34-12-1-2-13-34/h3-8,15-16,24,26,31H,1-2,9-14,17-18H2,(H,32,35)(H,33,36). The zero-order chi connectivity index (χ0) is 27.2. The molecule has 3 N–H and O–H groups in total. The second-order valence-electron chi connectivity index (χ2n) is 11.3. The van der Waals surface area contributed by atoms with Crippen molar-refractivity contribution in [2.24, 2.45) is 0 Å². The monoisotopic (exact) mass is 568 g/mol. The van der Waals surface area contributed by atoms with Crippen molar-refractivity contribution in [3.63, 3.8) is 0 Å². The van der Waals surface area contributed by atoms with Gasteiger partial charge in [-0.3, -0.25) is 9.59 Å². The fourth-order valence-electron chi connectivity index (χ4n) is 6.06. The fraction of sp³-hybridized carbons (Fsp3) is 0.448. The van der Waals surface area contributed by atoms with Gasteiger partial charge in [0.25, 0.3) is 11.8 Å². The molecule has 2 saturated heterocycles. The predicted molar refractivity (Wildman–Crippen MR) is 152 cm³/mol. The quantitative estimate of drug-likeness (QED) is 0.403. The van der Waals surface area contributed by atoms with E-state index in [1.165, 1.54) is 44.3 Å². The summed E-state index contributed by atoms with van der Waals surface area (Å²) in [5.74, 6) is -0.925. The van der Waals surface area contributed by atoms with Crippen LogP contribution >= 0.6 is 11.6 Å². The highest BCUT2D eigenvalue weighted by molar-refractivity contribution is 7.91. The molecule has 2 atom stereocenters. The van der Waals surface area contributed by atoms with Crippen molar-refractivity contribution in [1.29, 1.82) is 0 Å². The summed E-state index contributed by atoms with van der Waals surface area (Å²) in [7, 11) is -3.34. The highest BCUT2D eigenvalue weighted by Crippen LogP contribution is 2.49. The van der Waals surface area contributed by atoms with Crippen molar-refractivity contribution in [3.8, 4) is 0 Å². The normalized spacial score (nSPS) is 23.9. The highest BCUT2D eigenvalue weighted by Gasteiger charge is 2.45. The van der Waals surface area contributed by atoms with Gasteiger partial charge in [-0.05, 0) is 75.0 Å². The molecule has 1 aliphatic carbocycles. The molecular weight excluding hydrogens is 536 g/mol. The molecule has 6 rings (SSSR count). The van der Waals surface area contributed by atoms with Crippen molar-refractivity contribution >= 4 is 44.2 Å². The minimum atomic E-state index is -3.34. The van der Waals surface area contributed by atoms with Gasteiger partial charge in [-0.2, -0.15) is 0 Å². The average molecular weight is 569 g/mol. The van der Waals surface area contributed by atoms with E-state index in [2.05, 4.69) is 32.7 Å². The van der Waals surface area contributed by atoms with Crippen LogP contribution in [0, 0.1) is 0 Å². The van der Waals surface area contributed by atoms with Crippen LogP contribution in [-0.2, 0) is 15.3 Å². The number of rotatable bonds is 7. The Bertz CT molecular complexity index is 1510. The van der Waals surface area contributed by atoms with E-state index in [1.807, 2.05) is 12.1 Å². The van der Waals surface area contributed by atoms with Crippen LogP contribution in [0.25, 0.3) is 10.9 Å². The van der Waals surface area contributed by atoms with E-state index in [1.54, 1.807) is 24.4 Å². The molecule has 3 aliphatic rings. The van der Waals surface area contributed by atoms with Crippen LogP contribution in [0.15, 0.2) is 48.7 Å². The number of likely N-dealkylation sites (tertiary alicyclic amines) is 1. The molecule has 2 aliphatic heterocycles. The van der Waals surface area contributed by atoms with Crippen molar-refractivity contribution in [2.45, 2.75) is 49.6 Å². The number of fused-ring (bicyclic) bond motifs is 1. The molecule has 10 heteroatoms. The van der Waals surface area contributed by atoms with Crippen LogP contribution in [0.2, 0.25) is 5.02 Å². The number of halogens is 1. The molecule has 3 aromatic rings. The topological polar surface area (TPSA) is 111 Å². The zero-order valence-electron chi connectivity index (χ0n) is 21.7. The number of benzene rings is 2. The number of H-pyrrole nitrogens is 1. The molecule has 0 spiro atoms. The molecule has 39 heavy (non-hydrogen) atoms. The SMILES string of the molecule is O=C(NC1CCS(=O)(=O)CC1NC(=O)c1ccc2c(Cl)c[nH]c2c1)c1ccc(C2(CN3CCCC3)CC2)cc1. The van der Waals surface area contributed by atoms with Gasteiger partial charge in [0, 0.05) is 40.2 Å². The fourth-order valence-corrected chi connectivity index (χ4v) is 7.93. The summed E-state index contributed by atoms with van der Waals surface area (Å²) in [6.45, 7) is 3.43. The lowest BCUT2D eigenvalue weighted by molar-refractivity contribution is 0.0884. The predicted octanol–water partition coefficient (Wildman–Crippen LogP) is 3.66. The first-order chi connectivity index (χ1) is 18.7. The highest BCUT2D eigenvalue weighted by atomic mass is 35.5. The summed E-state index contributed by atoms with van der Waals surface area (Å²) in [6.07, 6.45) is 6.79. The van der Waals surface area contributed by atoms with E-state index in [0.717, 1.165) is 11.9 Å². The number of carbonyl (C=O) groups is 2. The van der Waals surface area contributed by atoms with Crippen LogP contribution < -0.4 is 10.6 Å². The second-order valence-corrected chi connectivity index (χ2v) is 13.9. The molecule has 0 bridgehead atoms. The Morgan fingerprint density at radius 2 is 1.64 bits per heavy atom. The van der Waals surface area contributed by atoms with E-state index in [-0.39, 0.29) is 29.2 Å². The van der Waals surface area contributed by atoms with Gasteiger partial charge in [0.05, 0.1) is 28.6 Å². The molecular formula is C29H33ClN4O4S. The second kappa shape index (κ2) is 10.3. The van der Waals surface area contributed by atoms with Gasteiger partial charge in [0.15, 0.2) is 9.84 Å². The molecule has 2 amide bonds. The van der Waals surface area contributed by atoms with Gasteiger partial charge < -0.3 is 20.5 Å². The molecule has 0 radical (unpaired) electrons. The van der Waals surface area contributed by atoms with Crippen molar-refractivity contribution < 1.29 is 18.0 Å². The molecule has 1 saturated carbocycles. The maximum absolute atomic E-state index is 13.2. The Labute approximate surface area is 233 Å². The number of aromatic amines is 1. The number of sulfone groups is 1. The van der Waals surface area contributed by atoms with Crippen molar-refractivity contribution in [3.05, 3.63) is 70.4 Å². The Hall–Kier alpha value is -2.88. The van der Waals surface area contributed by atoms with Crippen LogP contribution in [0.4, 0.5) is 0 Å². The smallest absolute Gasteiger partial charge is 0.251 e. The van der Waals surface area contributed by atoms with Gasteiger partial charge >= 0.3 is 0 Å². The molecule has 206 valence electrons. The first kappa shape index (κ1) is 26.3. The Morgan fingerprint density at radius 1 is 0.974 bits per heavy atom. The molecule has 2 aromatic carbocycles. The molecule has 2 unspecified atom stereocenters. The Morgan fingerprint density at radius 3 is 2.36 bits per heavy atom. The number of nitrogens with one attached hydrogen (secondary N) is 3. The number of carbonyl (C=O) groups excluding carboxylic acids is 2. The van der Waals surface area contributed by atoms with Crippen LogP contribution in [0.1, 0.15) is 58.4 Å². The van der Waals surface area contributed by atoms with E-state index >= 15 is 0 Å². The molecule has 3 fully saturated rings. The molecule has 1 aromatic heterocycles. The molecule has 8 nitrogen and oxygen atoms in total. The summed E-state index contributed by atoms with van der Waals surface area (Å²) >= 11 is 6.14. The van der Waals surface area contributed by atoms with Gasteiger partial charge in [0.1, 0.15) is 0 Å². The first-order valence-corrected chi connectivity index (χ1v) is 15.8. The number of aromatic nitrogens is 1. The first-order valence-electron chi connectivity index (χ1n) is 13.6. The van der Waals surface area contributed by atoms with Crippen molar-refractivity contribution in [2.75, 3.05) is 31.1 Å². The van der Waals surface area contributed by atoms with Crippen LogP contribution in [-0.4, -0.2) is 73.3 Å². The summed E-state index contributed by atoms with van der Waals surface area (Å²) in [5, 5.41) is 7.21. The number of amides is 2. The number of hydrogen-bond acceptors (Lipinski definition) is 5. The Balaban J connectivity index is 1.13. The van der Waals surface area contributed by atoms with Gasteiger partial charge in [0.2, 0.25) is 0 Å². The van der Waals surface area contributed by atoms with Crippen molar-refractivity contribution in [1.82, 2.24) is 20.5 Å². The summed E-state index contributed by atoms with van der Waals surface area (Å²) < 4.78 is 24.9. The third-order valence-corrected chi connectivity index (χ3v) is 10.6. The lowest BCUT2D eigenvalue weighted by Gasteiger charge is -2.32. The van der Waals surface area contributed by atoms with Crippen LogP contribution in [0.3, 0.4) is 0 Å². The number of nitrogens with zero attached hydrogens (tertiary/aromatic N) is 1. The summed E-state index contributed by atoms with van der Waals surface area (Å²) in [4.78, 5) is 31.8. The van der Waals surface area contributed by atoms with Gasteiger partial charge in [-0.15, -0.1) is 0 Å². The lowest BCUT2D eigenvalue weighted by atomic mass is 9.94. The summed E-state index contributed by atoms with van der Waals surface area (Å²) in [6, 6.07) is 11.7. The third-order valence-electron chi connectivity index (χ3n) is 8.52. The van der Waals surface area contributed by atoms with E-state index < -0.39 is 27.8 Å². The third kappa shape index (κ3) is 5.58. The molecule has 3 heterocycles. The van der Waals surface area contributed by atoms with E-state index in [9.17, 15) is 18.0 Å². The van der Waals surface area contributed by atoms with Crippen LogP contribution in [0.5, 0.6) is 0 Å². The Kier molecular flexibility index (Phi) is 6.93. The maximum Gasteiger partial charge on any atom is 0.251 e. The minimum absolute atomic E-state index is 0.0325. The average Bonchev–Trinajstić information content (AvgIpc) is 3.33. The lowest BCUT2D eigenvalue weighted by Crippen LogP contribution is -2.58. The minimum Gasteiger partial charge on any atom is -0.360 e. The van der Waals surface area contributed by atoms with Gasteiger partial charge in [-0.1, -0.05) is 29.8 Å². The van der Waals surface area contributed by atoms with E-state index in [0.29, 0.717) is 21.7 Å². The zero-order valence-corrected chi connectivity index (χ0v) is 23.3. The summed E-state index contributed by atoms with van der Waals surface area (Å²) in [5.41, 5.74) is 3.11. The van der Waals surface area contributed by atoms with E-state index in [4.69, 9.17) is 11.6 Å². The largest absolute Gasteiger partial charge is 0.360 e. The number of hydrogen-bond donors (Lipinski definition) is 3. The van der Waals surface area contributed by atoms with Gasteiger partial charge in [-0.25, -0.2) is 8.42 Å².